The molecule has 3 aromatic rings. The number of amides is 4. The van der Waals surface area contributed by atoms with Crippen molar-refractivity contribution in [3.63, 3.8) is 0 Å². The molecule has 0 aliphatic carbocycles. The van der Waals surface area contributed by atoms with Crippen molar-refractivity contribution < 1.29 is 38.9 Å². The van der Waals surface area contributed by atoms with E-state index in [9.17, 15) is 29.4 Å². The summed E-state index contributed by atoms with van der Waals surface area (Å²) in [6.45, 7) is 10.7. The molecule has 0 saturated carbocycles. The fourth-order valence-corrected chi connectivity index (χ4v) is 5.79. The lowest BCUT2D eigenvalue weighted by atomic mass is 9.85. The number of benzene rings is 2. The Kier molecular flexibility index (Phi) is 14.6. The van der Waals surface area contributed by atoms with E-state index in [4.69, 9.17) is 9.47 Å². The molecule has 13 nitrogen and oxygen atoms in total. The Morgan fingerprint density at radius 2 is 1.29 bits per heavy atom. The molecule has 0 radical (unpaired) electrons. The van der Waals surface area contributed by atoms with E-state index < -0.39 is 65.1 Å². The maximum atomic E-state index is 13.7. The number of ether oxygens (including phenoxy) is 2. The molecule has 0 unspecified atom stereocenters. The number of aliphatic hydroxyl groups is 1. The average Bonchev–Trinajstić information content (AvgIpc) is 3.08. The van der Waals surface area contributed by atoms with Crippen LogP contribution in [0.3, 0.4) is 0 Å². The van der Waals surface area contributed by atoms with E-state index in [2.05, 4.69) is 26.3 Å². The molecule has 52 heavy (non-hydrogen) atoms. The first-order valence-electron chi connectivity index (χ1n) is 17.2. The van der Waals surface area contributed by atoms with Crippen LogP contribution in [0.5, 0.6) is 5.88 Å². The lowest BCUT2D eigenvalue weighted by molar-refractivity contribution is -0.128. The third-order valence-electron chi connectivity index (χ3n) is 8.60. The van der Waals surface area contributed by atoms with Gasteiger partial charge in [-0.1, -0.05) is 102 Å². The van der Waals surface area contributed by atoms with Gasteiger partial charge in [0.05, 0.1) is 32.1 Å². The maximum Gasteiger partial charge on any atom is 0.407 e. The summed E-state index contributed by atoms with van der Waals surface area (Å²) in [4.78, 5) is 55.8. The van der Waals surface area contributed by atoms with Crippen molar-refractivity contribution in [3.8, 4) is 17.1 Å². The van der Waals surface area contributed by atoms with Crippen LogP contribution in [-0.4, -0.2) is 83.7 Å². The predicted molar refractivity (Wildman–Crippen MR) is 198 cm³/mol. The lowest BCUT2D eigenvalue weighted by Gasteiger charge is -2.34. The lowest BCUT2D eigenvalue weighted by Crippen LogP contribution is -2.58. The summed E-state index contributed by atoms with van der Waals surface area (Å²) < 4.78 is 10.0. The number of carboxylic acid groups (broad SMARTS) is 1. The molecular weight excluding hydrogens is 666 g/mol. The van der Waals surface area contributed by atoms with Crippen LogP contribution in [0.4, 0.5) is 9.59 Å². The molecule has 6 N–H and O–H groups in total. The minimum Gasteiger partial charge on any atom is -0.481 e. The molecule has 1 aromatic heterocycles. The molecule has 0 aliphatic rings. The van der Waals surface area contributed by atoms with Crippen LogP contribution in [0.2, 0.25) is 0 Å². The summed E-state index contributed by atoms with van der Waals surface area (Å²) in [6, 6.07) is 18.8. The Morgan fingerprint density at radius 3 is 1.85 bits per heavy atom. The van der Waals surface area contributed by atoms with Crippen LogP contribution in [0.25, 0.3) is 11.3 Å². The highest BCUT2D eigenvalue weighted by atomic mass is 16.5. The van der Waals surface area contributed by atoms with Crippen LogP contribution in [0, 0.1) is 10.8 Å². The average molecular weight is 720 g/mol. The largest absolute Gasteiger partial charge is 0.481 e. The molecule has 282 valence electrons. The van der Waals surface area contributed by atoms with E-state index in [1.165, 1.54) is 7.11 Å². The summed E-state index contributed by atoms with van der Waals surface area (Å²) in [6.07, 6.45) is -2.78. The molecular formula is C39H53N5O8. The second-order valence-corrected chi connectivity index (χ2v) is 15.0. The van der Waals surface area contributed by atoms with Gasteiger partial charge in [0.2, 0.25) is 17.7 Å². The number of pyridine rings is 1. The first-order chi connectivity index (χ1) is 24.4. The van der Waals surface area contributed by atoms with Crippen molar-refractivity contribution in [1.82, 2.24) is 26.3 Å². The van der Waals surface area contributed by atoms with Crippen LogP contribution in [-0.2, 0) is 27.2 Å². The zero-order valence-electron chi connectivity index (χ0n) is 31.2. The molecule has 0 spiro atoms. The van der Waals surface area contributed by atoms with Crippen LogP contribution in [0.1, 0.15) is 59.1 Å². The smallest absolute Gasteiger partial charge is 0.407 e. The SMILES string of the molecule is COC(=O)N[C@H](C(=O)N[C@@H](Cc1ccccc1)C[C@H](O)[C@H](Cc1ccc(-c2cccc(OC)n2)cc1)NC(=O)[C@H](NC(=O)O)C(C)(C)C)C(C)(C)C. The van der Waals surface area contributed by atoms with Gasteiger partial charge in [-0.05, 0) is 47.3 Å². The molecule has 0 bridgehead atoms. The van der Waals surface area contributed by atoms with Gasteiger partial charge in [0.15, 0.2) is 0 Å². The Bertz CT molecular complexity index is 1640. The number of hydrogen-bond donors (Lipinski definition) is 6. The Balaban J connectivity index is 1.96. The van der Waals surface area contributed by atoms with Crippen LogP contribution in [0.15, 0.2) is 72.8 Å². The highest BCUT2D eigenvalue weighted by Gasteiger charge is 2.37. The number of nitrogens with zero attached hydrogens (tertiary/aromatic N) is 1. The van der Waals surface area contributed by atoms with Crippen LogP contribution >= 0.6 is 0 Å². The van der Waals surface area contributed by atoms with E-state index >= 15 is 0 Å². The second kappa shape index (κ2) is 18.4. The molecule has 0 saturated heterocycles. The van der Waals surface area contributed by atoms with Crippen molar-refractivity contribution >= 4 is 24.0 Å². The van der Waals surface area contributed by atoms with Crippen molar-refractivity contribution in [2.45, 2.75) is 91.1 Å². The highest BCUT2D eigenvalue weighted by molar-refractivity contribution is 5.87. The topological polar surface area (TPSA) is 188 Å². The van der Waals surface area contributed by atoms with Gasteiger partial charge in [-0.3, -0.25) is 9.59 Å². The van der Waals surface area contributed by atoms with Crippen molar-refractivity contribution in [3.05, 3.63) is 83.9 Å². The summed E-state index contributed by atoms with van der Waals surface area (Å²) in [5.74, 6) is -0.593. The monoisotopic (exact) mass is 719 g/mol. The molecule has 3 rings (SSSR count). The van der Waals surface area contributed by atoms with E-state index in [1.807, 2.05) is 87.5 Å². The summed E-state index contributed by atoms with van der Waals surface area (Å²) in [5.41, 5.74) is 1.75. The molecule has 5 atom stereocenters. The molecule has 0 aliphatic heterocycles. The number of hydrogen-bond acceptors (Lipinski definition) is 8. The third-order valence-corrected chi connectivity index (χ3v) is 8.60. The van der Waals surface area contributed by atoms with Gasteiger partial charge in [-0.2, -0.15) is 0 Å². The first-order valence-corrected chi connectivity index (χ1v) is 17.2. The van der Waals surface area contributed by atoms with Gasteiger partial charge >= 0.3 is 12.2 Å². The second-order valence-electron chi connectivity index (χ2n) is 15.0. The van der Waals surface area contributed by atoms with Crippen molar-refractivity contribution in [2.75, 3.05) is 14.2 Å². The number of rotatable bonds is 15. The number of carbonyl (C=O) groups is 4. The number of carbonyl (C=O) groups excluding carboxylic acids is 3. The van der Waals surface area contributed by atoms with Crippen molar-refractivity contribution in [2.24, 2.45) is 10.8 Å². The Morgan fingerprint density at radius 1 is 0.712 bits per heavy atom. The van der Waals surface area contributed by atoms with Crippen LogP contribution < -0.4 is 26.0 Å². The summed E-state index contributed by atoms with van der Waals surface area (Å²) in [7, 11) is 2.76. The van der Waals surface area contributed by atoms with Gasteiger partial charge in [-0.15, -0.1) is 0 Å². The number of aliphatic hydroxyl groups excluding tert-OH is 1. The maximum absolute atomic E-state index is 13.7. The van der Waals surface area contributed by atoms with Crippen molar-refractivity contribution in [1.29, 1.82) is 0 Å². The van der Waals surface area contributed by atoms with E-state index in [1.54, 1.807) is 33.9 Å². The van der Waals surface area contributed by atoms with Gasteiger partial charge in [-0.25, -0.2) is 14.6 Å². The highest BCUT2D eigenvalue weighted by Crippen LogP contribution is 2.24. The molecule has 1 heterocycles. The minimum atomic E-state index is -1.35. The zero-order valence-corrected chi connectivity index (χ0v) is 31.2. The zero-order chi connectivity index (χ0) is 38.6. The van der Waals surface area contributed by atoms with Gasteiger partial charge in [0, 0.05) is 17.7 Å². The quantitative estimate of drug-likeness (QED) is 0.129. The number of nitrogens with one attached hydrogen (secondary N) is 4. The first kappa shape index (κ1) is 41.3. The molecule has 4 amide bonds. The Hall–Kier alpha value is -5.17. The number of methoxy groups -OCH3 is 2. The summed E-state index contributed by atoms with van der Waals surface area (Å²) in [5, 5.41) is 32.3. The number of aromatic nitrogens is 1. The van der Waals surface area contributed by atoms with E-state index in [0.29, 0.717) is 18.0 Å². The van der Waals surface area contributed by atoms with Gasteiger partial charge in [0.1, 0.15) is 12.1 Å². The third kappa shape index (κ3) is 12.6. The Labute approximate surface area is 305 Å². The predicted octanol–water partition coefficient (Wildman–Crippen LogP) is 4.72. The van der Waals surface area contributed by atoms with E-state index in [0.717, 1.165) is 16.7 Å². The molecule has 2 aromatic carbocycles. The molecule has 13 heteroatoms. The normalized spacial score (nSPS) is 14.5. The van der Waals surface area contributed by atoms with Gasteiger partial charge < -0.3 is 41.0 Å². The fraction of sp³-hybridized carbons (Fsp3) is 0.462. The fourth-order valence-electron chi connectivity index (χ4n) is 5.79. The standard InChI is InChI=1S/C39H53N5O8/c1-38(2,3)32(43-36(48)49)35(47)42-29(22-25-17-19-26(20-18-25)28-15-12-16-31(41-28)51-7)30(45)23-27(21-24-13-10-9-11-14-24)40-34(46)33(39(4,5)6)44-37(50)52-8/h9-20,27,29-30,32-33,43,45H,21-23H2,1-8H3,(H,40,46)(H,42,47)(H,44,50)(H,48,49)/t27-,29-,30-,32-,33+/m0/s1. The molecule has 0 fully saturated rings. The van der Waals surface area contributed by atoms with Gasteiger partial charge in [0.25, 0.3) is 0 Å². The minimum absolute atomic E-state index is 0.0129. The number of alkyl carbamates (subject to hydrolysis) is 1. The summed E-state index contributed by atoms with van der Waals surface area (Å²) >= 11 is 0. The van der Waals surface area contributed by atoms with E-state index in [-0.39, 0.29) is 12.8 Å².